The first-order valence-electron chi connectivity index (χ1n) is 4.51. The molecule has 2 atom stereocenters. The lowest BCUT2D eigenvalue weighted by molar-refractivity contribution is 0.166. The van der Waals surface area contributed by atoms with E-state index in [1.54, 1.807) is 0 Å². The van der Waals surface area contributed by atoms with Gasteiger partial charge in [0.05, 0.1) is 19.8 Å². The van der Waals surface area contributed by atoms with Gasteiger partial charge in [-0.3, -0.25) is 0 Å². The Morgan fingerprint density at radius 1 is 1.67 bits per heavy atom. The first-order valence-corrected chi connectivity index (χ1v) is 4.51. The Morgan fingerprint density at radius 3 is 2.75 bits per heavy atom. The molecule has 1 rings (SSSR count). The van der Waals surface area contributed by atoms with Crippen LogP contribution in [0.25, 0.3) is 0 Å². The van der Waals surface area contributed by atoms with Crippen molar-refractivity contribution in [2.45, 2.75) is 32.9 Å². The molecule has 2 unspecified atom stereocenters. The SMILES string of the molecule is CC(CO)NC1COCC1(C)C. The van der Waals surface area contributed by atoms with Gasteiger partial charge in [0, 0.05) is 17.5 Å². The minimum Gasteiger partial charge on any atom is -0.395 e. The van der Waals surface area contributed by atoms with E-state index >= 15 is 0 Å². The first-order chi connectivity index (χ1) is 5.56. The molecule has 0 radical (unpaired) electrons. The third kappa shape index (κ3) is 2.19. The van der Waals surface area contributed by atoms with Crippen molar-refractivity contribution in [3.8, 4) is 0 Å². The van der Waals surface area contributed by atoms with Gasteiger partial charge in [-0.05, 0) is 6.92 Å². The van der Waals surface area contributed by atoms with Crippen LogP contribution in [0.3, 0.4) is 0 Å². The molecule has 0 bridgehead atoms. The lowest BCUT2D eigenvalue weighted by Gasteiger charge is -2.27. The summed E-state index contributed by atoms with van der Waals surface area (Å²) in [7, 11) is 0. The van der Waals surface area contributed by atoms with Gasteiger partial charge in [0.2, 0.25) is 0 Å². The fraction of sp³-hybridized carbons (Fsp3) is 1.00. The molecule has 0 saturated carbocycles. The van der Waals surface area contributed by atoms with E-state index in [1.165, 1.54) is 0 Å². The van der Waals surface area contributed by atoms with Crippen LogP contribution in [0.1, 0.15) is 20.8 Å². The van der Waals surface area contributed by atoms with Crippen LogP contribution in [0, 0.1) is 5.41 Å². The van der Waals surface area contributed by atoms with Crippen LogP contribution < -0.4 is 5.32 Å². The van der Waals surface area contributed by atoms with Gasteiger partial charge in [0.25, 0.3) is 0 Å². The van der Waals surface area contributed by atoms with Gasteiger partial charge in [-0.15, -0.1) is 0 Å². The van der Waals surface area contributed by atoms with Crippen LogP contribution in [0.5, 0.6) is 0 Å². The summed E-state index contributed by atoms with van der Waals surface area (Å²) in [5, 5.41) is 12.2. The molecule has 1 aliphatic heterocycles. The lowest BCUT2D eigenvalue weighted by Crippen LogP contribution is -2.46. The van der Waals surface area contributed by atoms with Crippen LogP contribution in [0.4, 0.5) is 0 Å². The number of hydrogen-bond donors (Lipinski definition) is 2. The Morgan fingerprint density at radius 2 is 2.33 bits per heavy atom. The maximum absolute atomic E-state index is 8.86. The highest BCUT2D eigenvalue weighted by atomic mass is 16.5. The van der Waals surface area contributed by atoms with Crippen molar-refractivity contribution in [3.05, 3.63) is 0 Å². The van der Waals surface area contributed by atoms with Crippen molar-refractivity contribution < 1.29 is 9.84 Å². The zero-order chi connectivity index (χ0) is 9.19. The van der Waals surface area contributed by atoms with Gasteiger partial charge < -0.3 is 15.2 Å². The fourth-order valence-corrected chi connectivity index (χ4v) is 1.44. The topological polar surface area (TPSA) is 41.5 Å². The predicted octanol–water partition coefficient (Wildman–Crippen LogP) is 0.382. The molecule has 0 aromatic heterocycles. The van der Waals surface area contributed by atoms with Crippen molar-refractivity contribution in [3.63, 3.8) is 0 Å². The number of aliphatic hydroxyl groups excluding tert-OH is 1. The molecule has 3 heteroatoms. The summed E-state index contributed by atoms with van der Waals surface area (Å²) >= 11 is 0. The monoisotopic (exact) mass is 173 g/mol. The molecule has 0 aromatic rings. The van der Waals surface area contributed by atoms with Gasteiger partial charge in [-0.2, -0.15) is 0 Å². The minimum absolute atomic E-state index is 0.163. The van der Waals surface area contributed by atoms with Crippen molar-refractivity contribution in [2.75, 3.05) is 19.8 Å². The van der Waals surface area contributed by atoms with Crippen LogP contribution in [0.2, 0.25) is 0 Å². The third-order valence-corrected chi connectivity index (χ3v) is 2.46. The number of hydrogen-bond acceptors (Lipinski definition) is 3. The van der Waals surface area contributed by atoms with Gasteiger partial charge in [0.1, 0.15) is 0 Å². The summed E-state index contributed by atoms with van der Waals surface area (Å²) in [5.74, 6) is 0. The summed E-state index contributed by atoms with van der Waals surface area (Å²) in [6.45, 7) is 8.10. The van der Waals surface area contributed by atoms with Crippen molar-refractivity contribution in [2.24, 2.45) is 5.41 Å². The number of ether oxygens (including phenoxy) is 1. The van der Waals surface area contributed by atoms with Gasteiger partial charge >= 0.3 is 0 Å². The molecule has 1 heterocycles. The fourth-order valence-electron chi connectivity index (χ4n) is 1.44. The largest absolute Gasteiger partial charge is 0.395 e. The highest BCUT2D eigenvalue weighted by molar-refractivity contribution is 4.89. The molecule has 1 fully saturated rings. The highest BCUT2D eigenvalue weighted by Gasteiger charge is 2.35. The summed E-state index contributed by atoms with van der Waals surface area (Å²) in [4.78, 5) is 0. The minimum atomic E-state index is 0.163. The van der Waals surface area contributed by atoms with Crippen LogP contribution in [-0.4, -0.2) is 37.0 Å². The summed E-state index contributed by atoms with van der Waals surface area (Å²) in [6.07, 6.45) is 0. The Balaban J connectivity index is 2.41. The Bertz CT molecular complexity index is 147. The molecule has 3 nitrogen and oxygen atoms in total. The number of rotatable bonds is 3. The average molecular weight is 173 g/mol. The predicted molar refractivity (Wildman–Crippen MR) is 48.1 cm³/mol. The van der Waals surface area contributed by atoms with E-state index < -0.39 is 0 Å². The Hall–Kier alpha value is -0.120. The van der Waals surface area contributed by atoms with Crippen molar-refractivity contribution in [1.29, 1.82) is 0 Å². The third-order valence-electron chi connectivity index (χ3n) is 2.46. The summed E-state index contributed by atoms with van der Waals surface area (Å²) in [5.41, 5.74) is 0.198. The molecule has 0 spiro atoms. The molecule has 12 heavy (non-hydrogen) atoms. The smallest absolute Gasteiger partial charge is 0.0626 e. The molecular formula is C9H19NO2. The van der Waals surface area contributed by atoms with Crippen LogP contribution >= 0.6 is 0 Å². The molecule has 2 N–H and O–H groups in total. The first kappa shape index (κ1) is 9.96. The van der Waals surface area contributed by atoms with Crippen molar-refractivity contribution >= 4 is 0 Å². The average Bonchev–Trinajstić information content (AvgIpc) is 2.31. The van der Waals surface area contributed by atoms with E-state index in [4.69, 9.17) is 9.84 Å². The second-order valence-electron chi connectivity index (χ2n) is 4.31. The van der Waals surface area contributed by atoms with Crippen molar-refractivity contribution in [1.82, 2.24) is 5.32 Å². The van der Waals surface area contributed by atoms with E-state index in [0.717, 1.165) is 13.2 Å². The van der Waals surface area contributed by atoms with E-state index in [0.29, 0.717) is 6.04 Å². The zero-order valence-electron chi connectivity index (χ0n) is 8.13. The second-order valence-corrected chi connectivity index (χ2v) is 4.31. The molecule has 1 saturated heterocycles. The van der Waals surface area contributed by atoms with Crippen LogP contribution in [-0.2, 0) is 4.74 Å². The van der Waals surface area contributed by atoms with E-state index in [2.05, 4.69) is 19.2 Å². The van der Waals surface area contributed by atoms with E-state index in [1.807, 2.05) is 6.92 Å². The second kappa shape index (κ2) is 3.73. The van der Waals surface area contributed by atoms with E-state index in [9.17, 15) is 0 Å². The standard InChI is InChI=1S/C9H19NO2/c1-7(4-11)10-8-5-12-6-9(8,2)3/h7-8,10-11H,4-6H2,1-3H3. The maximum Gasteiger partial charge on any atom is 0.0626 e. The molecule has 0 amide bonds. The van der Waals surface area contributed by atoms with Gasteiger partial charge in [0.15, 0.2) is 0 Å². The molecule has 0 aliphatic carbocycles. The normalized spacial score (nSPS) is 30.5. The van der Waals surface area contributed by atoms with Gasteiger partial charge in [-0.1, -0.05) is 13.8 Å². The lowest BCUT2D eigenvalue weighted by atomic mass is 9.87. The molecule has 72 valence electrons. The quantitative estimate of drug-likeness (QED) is 0.648. The molecule has 1 aliphatic rings. The molecular weight excluding hydrogens is 154 g/mol. The maximum atomic E-state index is 8.86. The van der Waals surface area contributed by atoms with Gasteiger partial charge in [-0.25, -0.2) is 0 Å². The summed E-state index contributed by atoms with van der Waals surface area (Å²) < 4.78 is 5.37. The molecule has 0 aromatic carbocycles. The Kier molecular flexibility index (Phi) is 3.09. The van der Waals surface area contributed by atoms with E-state index in [-0.39, 0.29) is 18.1 Å². The number of nitrogens with one attached hydrogen (secondary N) is 1. The summed E-state index contributed by atoms with van der Waals surface area (Å²) in [6, 6.07) is 0.538. The number of aliphatic hydroxyl groups is 1. The zero-order valence-corrected chi connectivity index (χ0v) is 8.13. The van der Waals surface area contributed by atoms with Crippen LogP contribution in [0.15, 0.2) is 0 Å². The highest BCUT2D eigenvalue weighted by Crippen LogP contribution is 2.27. The Labute approximate surface area is 74.1 Å².